The van der Waals surface area contributed by atoms with Crippen molar-refractivity contribution in [3.05, 3.63) is 38.9 Å². The van der Waals surface area contributed by atoms with E-state index in [-0.39, 0.29) is 0 Å². The van der Waals surface area contributed by atoms with Gasteiger partial charge in [-0.3, -0.25) is 0 Å². The molecule has 0 amide bonds. The molecule has 7 heteroatoms. The van der Waals surface area contributed by atoms with Crippen LogP contribution in [0.2, 0.25) is 10.2 Å². The van der Waals surface area contributed by atoms with E-state index in [1.165, 1.54) is 11.8 Å². The van der Waals surface area contributed by atoms with Gasteiger partial charge in [-0.15, -0.1) is 0 Å². The van der Waals surface area contributed by atoms with Crippen molar-refractivity contribution in [1.29, 1.82) is 0 Å². The largest absolute Gasteiger partial charge is 0.339 e. The molecule has 94 valence electrons. The highest BCUT2D eigenvalue weighted by molar-refractivity contribution is 9.10. The maximum absolute atomic E-state index is 6.12. The van der Waals surface area contributed by atoms with Crippen molar-refractivity contribution in [3.63, 3.8) is 0 Å². The summed E-state index contributed by atoms with van der Waals surface area (Å²) in [6.45, 7) is 0. The molecule has 1 aromatic carbocycles. The Balaban J connectivity index is 2.30. The predicted octanol–water partition coefficient (Wildman–Crippen LogP) is 5.01. The van der Waals surface area contributed by atoms with Gasteiger partial charge in [-0.2, -0.15) is 0 Å². The van der Waals surface area contributed by atoms with Crippen LogP contribution in [0.4, 0.5) is 11.5 Å². The Labute approximate surface area is 127 Å². The average Bonchev–Trinajstić information content (AvgIpc) is 2.32. The molecule has 0 saturated carbocycles. The second-order valence-electron chi connectivity index (χ2n) is 3.31. The monoisotopic (exact) mass is 363 g/mol. The van der Waals surface area contributed by atoms with Gasteiger partial charge in [-0.25, -0.2) is 9.97 Å². The summed E-state index contributed by atoms with van der Waals surface area (Å²) in [5.74, 6) is 0.614. The smallest absolute Gasteiger partial charge is 0.190 e. The lowest BCUT2D eigenvalue weighted by atomic mass is 10.3. The maximum atomic E-state index is 6.12. The highest BCUT2D eigenvalue weighted by Crippen LogP contribution is 2.28. The van der Waals surface area contributed by atoms with Gasteiger partial charge in [0.05, 0.1) is 10.7 Å². The molecule has 0 aliphatic carbocycles. The molecule has 1 N–H and O–H groups in total. The van der Waals surface area contributed by atoms with Crippen LogP contribution >= 0.6 is 50.9 Å². The van der Waals surface area contributed by atoms with Crippen molar-refractivity contribution < 1.29 is 0 Å². The quantitative estimate of drug-likeness (QED) is 0.471. The first-order valence-corrected chi connectivity index (χ1v) is 7.66. The molecule has 0 unspecified atom stereocenters. The molecule has 0 bridgehead atoms. The van der Waals surface area contributed by atoms with Crippen molar-refractivity contribution >= 4 is 62.4 Å². The number of nitrogens with zero attached hydrogens (tertiary/aromatic N) is 2. The zero-order valence-corrected chi connectivity index (χ0v) is 13.2. The van der Waals surface area contributed by atoms with Gasteiger partial charge >= 0.3 is 0 Å². The van der Waals surface area contributed by atoms with Crippen LogP contribution in [0.25, 0.3) is 0 Å². The van der Waals surface area contributed by atoms with Gasteiger partial charge in [-0.05, 0) is 24.5 Å². The summed E-state index contributed by atoms with van der Waals surface area (Å²) in [6.07, 6.45) is 1.89. The summed E-state index contributed by atoms with van der Waals surface area (Å²) in [5.41, 5.74) is 0.765. The Morgan fingerprint density at radius 3 is 2.67 bits per heavy atom. The van der Waals surface area contributed by atoms with E-state index in [1.54, 1.807) is 6.07 Å². The summed E-state index contributed by atoms with van der Waals surface area (Å²) in [6, 6.07) is 7.22. The number of anilines is 2. The van der Waals surface area contributed by atoms with E-state index < -0.39 is 0 Å². The summed E-state index contributed by atoms with van der Waals surface area (Å²) in [7, 11) is 0. The molecule has 1 heterocycles. The molecule has 0 radical (unpaired) electrons. The topological polar surface area (TPSA) is 37.8 Å². The van der Waals surface area contributed by atoms with Crippen molar-refractivity contribution in [3.8, 4) is 0 Å². The molecular weight excluding hydrogens is 357 g/mol. The fourth-order valence-electron chi connectivity index (χ4n) is 1.28. The Hall–Kier alpha value is -0.490. The lowest BCUT2D eigenvalue weighted by Crippen LogP contribution is -1.97. The van der Waals surface area contributed by atoms with Crippen molar-refractivity contribution in [1.82, 2.24) is 9.97 Å². The highest BCUT2D eigenvalue weighted by Gasteiger charge is 2.05. The fraction of sp³-hybridized carbons (Fsp3) is 0.0909. The minimum Gasteiger partial charge on any atom is -0.339 e. The molecule has 2 aromatic rings. The molecule has 0 atom stereocenters. The number of hydrogen-bond donors (Lipinski definition) is 1. The maximum Gasteiger partial charge on any atom is 0.190 e. The first-order valence-electron chi connectivity index (χ1n) is 4.89. The zero-order valence-electron chi connectivity index (χ0n) is 9.25. The number of thioether (sulfide) groups is 1. The van der Waals surface area contributed by atoms with E-state index in [0.717, 1.165) is 10.2 Å². The number of rotatable bonds is 3. The highest BCUT2D eigenvalue weighted by atomic mass is 79.9. The lowest BCUT2D eigenvalue weighted by Gasteiger charge is -2.09. The molecule has 0 aliphatic heterocycles. The minimum atomic E-state index is 0.394. The van der Waals surface area contributed by atoms with Gasteiger partial charge in [0.15, 0.2) is 5.16 Å². The number of nitrogens with one attached hydrogen (secondary N) is 1. The van der Waals surface area contributed by atoms with Gasteiger partial charge in [0.25, 0.3) is 0 Å². The molecule has 0 spiro atoms. The molecule has 18 heavy (non-hydrogen) atoms. The second kappa shape index (κ2) is 6.10. The average molecular weight is 365 g/mol. The standard InChI is InChI=1S/C11H8BrCl2N3S/c1-18-11-16-9(14)5-10(17-11)15-8-3-2-6(12)4-7(8)13/h2-5H,1H3,(H,15,16,17). The van der Waals surface area contributed by atoms with Gasteiger partial charge < -0.3 is 5.32 Å². The first kappa shape index (κ1) is 13.9. The number of aromatic nitrogens is 2. The number of benzene rings is 1. The van der Waals surface area contributed by atoms with Gasteiger partial charge in [0.2, 0.25) is 0 Å². The first-order chi connectivity index (χ1) is 8.58. The van der Waals surface area contributed by atoms with Crippen LogP contribution in [0.5, 0.6) is 0 Å². The fourth-order valence-corrected chi connectivity index (χ4v) is 2.61. The zero-order chi connectivity index (χ0) is 13.1. The summed E-state index contributed by atoms with van der Waals surface area (Å²) < 4.78 is 0.920. The van der Waals surface area contributed by atoms with Crippen LogP contribution in [-0.4, -0.2) is 16.2 Å². The number of halogens is 3. The Bertz CT molecular complexity index is 580. The van der Waals surface area contributed by atoms with E-state index in [9.17, 15) is 0 Å². The molecule has 0 fully saturated rings. The Morgan fingerprint density at radius 1 is 1.22 bits per heavy atom. The molecular formula is C11H8BrCl2N3S. The van der Waals surface area contributed by atoms with Crippen LogP contribution in [0, 0.1) is 0 Å². The van der Waals surface area contributed by atoms with Crippen LogP contribution in [-0.2, 0) is 0 Å². The second-order valence-corrected chi connectivity index (χ2v) is 5.80. The number of hydrogen-bond acceptors (Lipinski definition) is 4. The molecule has 1 aromatic heterocycles. The van der Waals surface area contributed by atoms with Crippen molar-refractivity contribution in [2.24, 2.45) is 0 Å². The summed E-state index contributed by atoms with van der Waals surface area (Å²) in [4.78, 5) is 8.36. The SMILES string of the molecule is CSc1nc(Cl)cc(Nc2ccc(Br)cc2Cl)n1. The van der Waals surface area contributed by atoms with Gasteiger partial charge in [-0.1, -0.05) is 50.9 Å². The molecule has 0 saturated heterocycles. The van der Waals surface area contributed by atoms with Crippen LogP contribution < -0.4 is 5.32 Å². The predicted molar refractivity (Wildman–Crippen MR) is 81.3 cm³/mol. The van der Waals surface area contributed by atoms with Crippen molar-refractivity contribution in [2.45, 2.75) is 5.16 Å². The lowest BCUT2D eigenvalue weighted by molar-refractivity contribution is 0.976. The third-order valence-electron chi connectivity index (χ3n) is 2.05. The molecule has 0 aliphatic rings. The summed E-state index contributed by atoms with van der Waals surface area (Å²) >= 11 is 16.8. The van der Waals surface area contributed by atoms with Crippen LogP contribution in [0.1, 0.15) is 0 Å². The minimum absolute atomic E-state index is 0.394. The van der Waals surface area contributed by atoms with E-state index in [2.05, 4.69) is 31.2 Å². The van der Waals surface area contributed by atoms with Gasteiger partial charge in [0, 0.05) is 10.5 Å². The van der Waals surface area contributed by atoms with Crippen molar-refractivity contribution in [2.75, 3.05) is 11.6 Å². The molecule has 3 nitrogen and oxygen atoms in total. The van der Waals surface area contributed by atoms with Crippen LogP contribution in [0.15, 0.2) is 33.9 Å². The third kappa shape index (κ3) is 3.51. The Kier molecular flexibility index (Phi) is 4.72. The normalized spacial score (nSPS) is 10.4. The van der Waals surface area contributed by atoms with E-state index in [0.29, 0.717) is 21.2 Å². The van der Waals surface area contributed by atoms with Crippen LogP contribution in [0.3, 0.4) is 0 Å². The van der Waals surface area contributed by atoms with E-state index >= 15 is 0 Å². The third-order valence-corrected chi connectivity index (χ3v) is 3.60. The summed E-state index contributed by atoms with van der Waals surface area (Å²) in [5, 5.41) is 4.72. The Morgan fingerprint density at radius 2 is 2.00 bits per heavy atom. The van der Waals surface area contributed by atoms with Gasteiger partial charge in [0.1, 0.15) is 11.0 Å². The molecule has 2 rings (SSSR count). The van der Waals surface area contributed by atoms with E-state index in [4.69, 9.17) is 23.2 Å². The van der Waals surface area contributed by atoms with E-state index in [1.807, 2.05) is 24.5 Å².